The van der Waals surface area contributed by atoms with Crippen LogP contribution in [-0.2, 0) is 9.59 Å². The molecule has 1 heterocycles. The second-order valence-electron chi connectivity index (χ2n) is 5.19. The van der Waals surface area contributed by atoms with E-state index in [1.54, 1.807) is 48.5 Å². The number of carboxylic acid groups (broad SMARTS) is 1. The van der Waals surface area contributed by atoms with E-state index < -0.39 is 12.6 Å². The molecule has 0 spiro atoms. The minimum atomic E-state index is -1.06. The van der Waals surface area contributed by atoms with E-state index in [9.17, 15) is 9.59 Å². The largest absolute Gasteiger partial charge is 0.482 e. The molecule has 1 aliphatic heterocycles. The molecule has 1 amide bonds. The topological polar surface area (TPSA) is 88.0 Å². The number of carbonyl (C=O) groups is 2. The van der Waals surface area contributed by atoms with Crippen LogP contribution in [0, 0.1) is 0 Å². The zero-order valence-electron chi connectivity index (χ0n) is 13.3. The highest BCUT2D eigenvalue weighted by atomic mass is 35.5. The predicted molar refractivity (Wildman–Crippen MR) is 102 cm³/mol. The first-order valence-electron chi connectivity index (χ1n) is 7.50. The molecule has 0 aliphatic carbocycles. The van der Waals surface area contributed by atoms with E-state index in [0.29, 0.717) is 32.1 Å². The molecule has 8 heteroatoms. The average molecular weight is 389 g/mol. The minimum Gasteiger partial charge on any atom is -0.482 e. The molecule has 1 fully saturated rings. The highest BCUT2D eigenvalue weighted by Gasteiger charge is 2.24. The van der Waals surface area contributed by atoms with Crippen molar-refractivity contribution in [3.8, 4) is 5.75 Å². The molecule has 0 aromatic heterocycles. The van der Waals surface area contributed by atoms with Crippen molar-refractivity contribution in [1.82, 2.24) is 5.32 Å². The minimum absolute atomic E-state index is 0.266. The van der Waals surface area contributed by atoms with E-state index in [4.69, 9.17) is 21.4 Å². The Kier molecular flexibility index (Phi) is 5.60. The molecule has 3 rings (SSSR count). The molecule has 0 saturated carbocycles. The van der Waals surface area contributed by atoms with Gasteiger partial charge in [-0.3, -0.25) is 4.79 Å². The van der Waals surface area contributed by atoms with Gasteiger partial charge in [-0.15, -0.1) is 0 Å². The number of hydrogen-bond donors (Lipinski definition) is 2. The fourth-order valence-electron chi connectivity index (χ4n) is 2.12. The molecular formula is C18H13ClN2O4S. The quantitative estimate of drug-likeness (QED) is 0.762. The molecule has 0 atom stereocenters. The number of thioether (sulfide) groups is 1. The maximum atomic E-state index is 12.1. The summed E-state index contributed by atoms with van der Waals surface area (Å²) in [5.41, 5.74) is 1.28. The number of amides is 1. The lowest BCUT2D eigenvalue weighted by Crippen LogP contribution is -2.19. The number of rotatable bonds is 5. The highest BCUT2D eigenvalue weighted by molar-refractivity contribution is 8.18. The van der Waals surface area contributed by atoms with Gasteiger partial charge < -0.3 is 15.2 Å². The Hall–Kier alpha value is -2.77. The summed E-state index contributed by atoms with van der Waals surface area (Å²) >= 11 is 7.27. The molecule has 1 saturated heterocycles. The third kappa shape index (κ3) is 4.65. The molecule has 0 unspecified atom stereocenters. The second kappa shape index (κ2) is 8.07. The van der Waals surface area contributed by atoms with Crippen LogP contribution in [0.2, 0.25) is 5.02 Å². The van der Waals surface area contributed by atoms with Gasteiger partial charge in [0.25, 0.3) is 5.91 Å². The van der Waals surface area contributed by atoms with E-state index >= 15 is 0 Å². The Labute approximate surface area is 158 Å². The lowest BCUT2D eigenvalue weighted by molar-refractivity contribution is -0.139. The van der Waals surface area contributed by atoms with Crippen LogP contribution in [0.25, 0.3) is 6.08 Å². The summed E-state index contributed by atoms with van der Waals surface area (Å²) in [6, 6.07) is 13.9. The molecule has 2 N–H and O–H groups in total. The number of ether oxygens (including phenoxy) is 1. The first-order chi connectivity index (χ1) is 12.5. The summed E-state index contributed by atoms with van der Waals surface area (Å²) in [6.07, 6.45) is 1.68. The van der Waals surface area contributed by atoms with E-state index in [1.165, 1.54) is 11.8 Å². The van der Waals surface area contributed by atoms with E-state index in [2.05, 4.69) is 10.3 Å². The Morgan fingerprint density at radius 1 is 1.27 bits per heavy atom. The third-order valence-electron chi connectivity index (χ3n) is 3.24. The van der Waals surface area contributed by atoms with Gasteiger partial charge in [0.2, 0.25) is 0 Å². The second-order valence-corrected chi connectivity index (χ2v) is 6.63. The van der Waals surface area contributed by atoms with Gasteiger partial charge in [0.15, 0.2) is 11.8 Å². The van der Waals surface area contributed by atoms with Gasteiger partial charge in [-0.25, -0.2) is 9.79 Å². The normalized spacial score (nSPS) is 16.7. The maximum Gasteiger partial charge on any atom is 0.341 e. The summed E-state index contributed by atoms with van der Waals surface area (Å²) < 4.78 is 5.14. The van der Waals surface area contributed by atoms with Gasteiger partial charge in [-0.2, -0.15) is 0 Å². The molecule has 0 bridgehead atoms. The van der Waals surface area contributed by atoms with Crippen molar-refractivity contribution in [2.75, 3.05) is 6.61 Å². The zero-order chi connectivity index (χ0) is 18.5. The Morgan fingerprint density at radius 3 is 2.85 bits per heavy atom. The van der Waals surface area contributed by atoms with E-state index in [0.717, 1.165) is 0 Å². The van der Waals surface area contributed by atoms with Crippen molar-refractivity contribution in [1.29, 1.82) is 0 Å². The van der Waals surface area contributed by atoms with Crippen molar-refractivity contribution >= 4 is 52.2 Å². The number of nitrogens with zero attached hydrogens (tertiary/aromatic N) is 1. The number of aliphatic carboxylic acids is 1. The Morgan fingerprint density at radius 2 is 2.08 bits per heavy atom. The highest BCUT2D eigenvalue weighted by Crippen LogP contribution is 2.31. The van der Waals surface area contributed by atoms with Gasteiger partial charge in [-0.1, -0.05) is 35.9 Å². The van der Waals surface area contributed by atoms with E-state index in [-0.39, 0.29) is 5.91 Å². The maximum absolute atomic E-state index is 12.1. The van der Waals surface area contributed by atoms with Gasteiger partial charge in [0, 0.05) is 0 Å². The molecule has 1 aliphatic rings. The van der Waals surface area contributed by atoms with Crippen LogP contribution in [0.5, 0.6) is 5.75 Å². The number of nitrogens with one attached hydrogen (secondary N) is 1. The molecule has 6 nitrogen and oxygen atoms in total. The van der Waals surface area contributed by atoms with Crippen molar-refractivity contribution in [2.45, 2.75) is 0 Å². The lowest BCUT2D eigenvalue weighted by Gasteiger charge is -2.03. The number of aliphatic imine (C=N–C) groups is 1. The van der Waals surface area contributed by atoms with E-state index in [1.807, 2.05) is 6.07 Å². The smallest absolute Gasteiger partial charge is 0.341 e. The standard InChI is InChI=1S/C18H13ClN2O4S/c19-13-6-1-2-7-14(13)20-18-21-17(24)15(26-18)9-11-4-3-5-12(8-11)25-10-16(22)23/h1-9H,10H2,(H,22,23)(H,20,21,24). The van der Waals surface area contributed by atoms with Crippen LogP contribution >= 0.6 is 23.4 Å². The molecule has 2 aromatic rings. The molecular weight excluding hydrogens is 376 g/mol. The number of hydrogen-bond acceptors (Lipinski definition) is 5. The van der Waals surface area contributed by atoms with Crippen LogP contribution in [0.1, 0.15) is 5.56 Å². The summed E-state index contributed by atoms with van der Waals surface area (Å²) in [4.78, 5) is 27.5. The molecule has 2 aromatic carbocycles. The van der Waals surface area contributed by atoms with Gasteiger partial charge in [0.05, 0.1) is 15.6 Å². The summed E-state index contributed by atoms with van der Waals surface area (Å²) in [7, 11) is 0. The van der Waals surface area contributed by atoms with Crippen LogP contribution in [0.3, 0.4) is 0 Å². The van der Waals surface area contributed by atoms with Crippen molar-refractivity contribution in [2.24, 2.45) is 4.99 Å². The van der Waals surface area contributed by atoms with Gasteiger partial charge in [0.1, 0.15) is 5.75 Å². The first kappa shape index (κ1) is 18.0. The average Bonchev–Trinajstić information content (AvgIpc) is 2.95. The molecule has 0 radical (unpaired) electrons. The summed E-state index contributed by atoms with van der Waals surface area (Å²) in [5.74, 6) is -0.910. The Bertz CT molecular complexity index is 927. The fourth-order valence-corrected chi connectivity index (χ4v) is 3.14. The monoisotopic (exact) mass is 388 g/mol. The van der Waals surface area contributed by atoms with Crippen LogP contribution in [-0.4, -0.2) is 28.8 Å². The molecule has 132 valence electrons. The van der Waals surface area contributed by atoms with Crippen molar-refractivity contribution in [3.63, 3.8) is 0 Å². The zero-order valence-corrected chi connectivity index (χ0v) is 14.9. The fraction of sp³-hybridized carbons (Fsp3) is 0.0556. The number of halogens is 1. The first-order valence-corrected chi connectivity index (χ1v) is 8.69. The van der Waals surface area contributed by atoms with Crippen molar-refractivity contribution in [3.05, 3.63) is 64.0 Å². The number of benzene rings is 2. The van der Waals surface area contributed by atoms with Gasteiger partial charge in [-0.05, 0) is 47.7 Å². The number of carboxylic acids is 1. The van der Waals surface area contributed by atoms with Crippen molar-refractivity contribution < 1.29 is 19.4 Å². The number of carbonyl (C=O) groups excluding carboxylic acids is 1. The number of amidine groups is 1. The van der Waals surface area contributed by atoms with Crippen LogP contribution in [0.15, 0.2) is 58.4 Å². The molecule has 26 heavy (non-hydrogen) atoms. The third-order valence-corrected chi connectivity index (χ3v) is 4.47. The number of para-hydroxylation sites is 1. The van der Waals surface area contributed by atoms with Gasteiger partial charge >= 0.3 is 5.97 Å². The van der Waals surface area contributed by atoms with Crippen LogP contribution in [0.4, 0.5) is 5.69 Å². The summed E-state index contributed by atoms with van der Waals surface area (Å²) in [5, 5.41) is 12.3. The lowest BCUT2D eigenvalue weighted by atomic mass is 10.2. The van der Waals surface area contributed by atoms with Crippen LogP contribution < -0.4 is 10.1 Å². The predicted octanol–water partition coefficient (Wildman–Crippen LogP) is 3.70. The summed E-state index contributed by atoms with van der Waals surface area (Å²) in [6.45, 7) is -0.427. The SMILES string of the molecule is O=C(O)COc1cccc(C=C2SC(=Nc3ccccc3Cl)NC2=O)c1. The Balaban J connectivity index is 1.78.